The van der Waals surface area contributed by atoms with Crippen molar-refractivity contribution in [1.29, 1.82) is 0 Å². The molecule has 1 aliphatic rings. The summed E-state index contributed by atoms with van der Waals surface area (Å²) in [5.41, 5.74) is -2.02. The number of pyridine rings is 1. The first-order valence-electron chi connectivity index (χ1n) is 8.46. The van der Waals surface area contributed by atoms with Gasteiger partial charge in [0.25, 0.3) is 0 Å². The molecule has 2 aromatic heterocycles. The standard InChI is InChI=1S/C18H14ClF3N4O2/c19-10-3-1-2-4-12(10)26-16-9(5-8-14(24-16)18(20,21)22)15(25-17(26)28)23-11-6-7-13(11)27/h1-5,8,11,13,27H,6-7H2,(H,23,25,28)/t11-,13+/m1/s1. The number of halogens is 4. The third-order valence-corrected chi connectivity index (χ3v) is 5.00. The molecule has 3 aromatic rings. The van der Waals surface area contributed by atoms with E-state index in [-0.39, 0.29) is 33.6 Å². The topological polar surface area (TPSA) is 80.0 Å². The summed E-state index contributed by atoms with van der Waals surface area (Å²) in [6.45, 7) is 0. The maximum absolute atomic E-state index is 13.2. The molecule has 2 atom stereocenters. The number of fused-ring (bicyclic) bond motifs is 1. The van der Waals surface area contributed by atoms with Gasteiger partial charge in [-0.1, -0.05) is 23.7 Å². The number of hydrogen-bond donors (Lipinski definition) is 2. The number of nitrogens with zero attached hydrogens (tertiary/aromatic N) is 3. The third-order valence-electron chi connectivity index (χ3n) is 4.68. The molecule has 4 rings (SSSR count). The van der Waals surface area contributed by atoms with Crippen molar-refractivity contribution in [2.45, 2.75) is 31.2 Å². The molecule has 0 spiro atoms. The lowest BCUT2D eigenvalue weighted by Crippen LogP contribution is -2.43. The average molecular weight is 411 g/mol. The van der Waals surface area contributed by atoms with E-state index >= 15 is 0 Å². The molecule has 0 aliphatic heterocycles. The van der Waals surface area contributed by atoms with E-state index in [9.17, 15) is 23.1 Å². The quantitative estimate of drug-likeness (QED) is 0.692. The minimum absolute atomic E-state index is 0.0771. The first-order chi connectivity index (χ1) is 13.3. The van der Waals surface area contributed by atoms with Gasteiger partial charge in [0.15, 0.2) is 5.65 Å². The van der Waals surface area contributed by atoms with Crippen molar-refractivity contribution in [3.8, 4) is 5.69 Å². The molecule has 1 fully saturated rings. The van der Waals surface area contributed by atoms with Gasteiger partial charge in [-0.2, -0.15) is 18.2 Å². The van der Waals surface area contributed by atoms with Crippen LogP contribution in [0.3, 0.4) is 0 Å². The van der Waals surface area contributed by atoms with E-state index in [1.54, 1.807) is 12.1 Å². The van der Waals surface area contributed by atoms with Crippen LogP contribution in [0.15, 0.2) is 41.2 Å². The third kappa shape index (κ3) is 3.20. The lowest BCUT2D eigenvalue weighted by molar-refractivity contribution is -0.141. The van der Waals surface area contributed by atoms with Gasteiger partial charge < -0.3 is 10.4 Å². The number of para-hydroxylation sites is 1. The molecule has 2 heterocycles. The van der Waals surface area contributed by atoms with Crippen LogP contribution >= 0.6 is 11.6 Å². The number of hydrogen-bond acceptors (Lipinski definition) is 5. The number of aliphatic hydroxyl groups is 1. The number of benzene rings is 1. The van der Waals surface area contributed by atoms with Gasteiger partial charge in [0.05, 0.1) is 28.2 Å². The Kier molecular flexibility index (Phi) is 4.51. The van der Waals surface area contributed by atoms with Crippen LogP contribution in [0.2, 0.25) is 5.02 Å². The molecule has 1 saturated carbocycles. The molecule has 28 heavy (non-hydrogen) atoms. The molecular weight excluding hydrogens is 397 g/mol. The van der Waals surface area contributed by atoms with Gasteiger partial charge in [0.1, 0.15) is 11.5 Å². The SMILES string of the molecule is O=c1nc(N[C@@H]2CC[C@@H]2O)c2ccc(C(F)(F)F)nc2n1-c1ccccc1Cl. The fraction of sp³-hybridized carbons (Fsp3) is 0.278. The molecule has 2 N–H and O–H groups in total. The minimum Gasteiger partial charge on any atom is -0.391 e. The van der Waals surface area contributed by atoms with Crippen LogP contribution in [0, 0.1) is 0 Å². The summed E-state index contributed by atoms with van der Waals surface area (Å²) < 4.78 is 40.6. The summed E-state index contributed by atoms with van der Waals surface area (Å²) in [5, 5.41) is 13.1. The van der Waals surface area contributed by atoms with Crippen molar-refractivity contribution in [2.24, 2.45) is 0 Å². The summed E-state index contributed by atoms with van der Waals surface area (Å²) in [6.07, 6.45) is -4.03. The molecule has 1 aromatic carbocycles. The van der Waals surface area contributed by atoms with Crippen LogP contribution in [0.25, 0.3) is 16.7 Å². The molecule has 0 saturated heterocycles. The number of aliphatic hydroxyl groups excluding tert-OH is 1. The molecule has 0 unspecified atom stereocenters. The highest BCUT2D eigenvalue weighted by Gasteiger charge is 2.34. The summed E-state index contributed by atoms with van der Waals surface area (Å²) in [7, 11) is 0. The first kappa shape index (κ1) is 18.7. The maximum Gasteiger partial charge on any atom is 0.433 e. The van der Waals surface area contributed by atoms with Crippen LogP contribution in [-0.4, -0.2) is 31.8 Å². The Balaban J connectivity index is 1.99. The summed E-state index contributed by atoms with van der Waals surface area (Å²) in [4.78, 5) is 20.4. The van der Waals surface area contributed by atoms with Crippen LogP contribution in [0.5, 0.6) is 0 Å². The number of alkyl halides is 3. The van der Waals surface area contributed by atoms with E-state index in [0.717, 1.165) is 10.6 Å². The Morgan fingerprint density at radius 3 is 2.50 bits per heavy atom. The van der Waals surface area contributed by atoms with Gasteiger partial charge in [0.2, 0.25) is 0 Å². The highest BCUT2D eigenvalue weighted by atomic mass is 35.5. The molecule has 10 heteroatoms. The van der Waals surface area contributed by atoms with Gasteiger partial charge in [-0.25, -0.2) is 14.3 Å². The van der Waals surface area contributed by atoms with Crippen molar-refractivity contribution in [2.75, 3.05) is 5.32 Å². The van der Waals surface area contributed by atoms with Gasteiger partial charge >= 0.3 is 11.9 Å². The van der Waals surface area contributed by atoms with Crippen LogP contribution in [0.1, 0.15) is 18.5 Å². The fourth-order valence-corrected chi connectivity index (χ4v) is 3.26. The number of aromatic nitrogens is 3. The first-order valence-corrected chi connectivity index (χ1v) is 8.84. The van der Waals surface area contributed by atoms with Crippen molar-refractivity contribution in [3.63, 3.8) is 0 Å². The van der Waals surface area contributed by atoms with E-state index in [0.29, 0.717) is 12.8 Å². The molecule has 146 valence electrons. The Morgan fingerprint density at radius 2 is 1.89 bits per heavy atom. The fourth-order valence-electron chi connectivity index (χ4n) is 3.04. The molecule has 0 bridgehead atoms. The maximum atomic E-state index is 13.2. The Hall–Kier alpha value is -2.65. The van der Waals surface area contributed by atoms with Crippen molar-refractivity contribution >= 4 is 28.5 Å². The average Bonchev–Trinajstić information content (AvgIpc) is 2.64. The van der Waals surface area contributed by atoms with Crippen molar-refractivity contribution in [3.05, 3.63) is 57.6 Å². The van der Waals surface area contributed by atoms with Crippen LogP contribution in [0.4, 0.5) is 19.0 Å². The van der Waals surface area contributed by atoms with Crippen LogP contribution < -0.4 is 11.0 Å². The monoisotopic (exact) mass is 410 g/mol. The zero-order valence-corrected chi connectivity index (χ0v) is 15.0. The van der Waals surface area contributed by atoms with Gasteiger partial charge in [-0.15, -0.1) is 0 Å². The Labute approximate surface area is 161 Å². The minimum atomic E-state index is -4.68. The highest BCUT2D eigenvalue weighted by Crippen LogP contribution is 2.32. The van der Waals surface area contributed by atoms with E-state index in [4.69, 9.17) is 11.6 Å². The van der Waals surface area contributed by atoms with Gasteiger partial charge in [-0.05, 0) is 37.1 Å². The summed E-state index contributed by atoms with van der Waals surface area (Å²) >= 11 is 6.15. The number of nitrogens with one attached hydrogen (secondary N) is 1. The second-order valence-corrected chi connectivity index (χ2v) is 6.90. The highest BCUT2D eigenvalue weighted by molar-refractivity contribution is 6.32. The number of anilines is 1. The largest absolute Gasteiger partial charge is 0.433 e. The molecule has 1 aliphatic carbocycles. The molecule has 0 radical (unpaired) electrons. The summed E-state index contributed by atoms with van der Waals surface area (Å²) in [5.74, 6) is 0.0771. The van der Waals surface area contributed by atoms with E-state index < -0.39 is 23.7 Å². The molecular formula is C18H14ClF3N4O2. The van der Waals surface area contributed by atoms with Crippen LogP contribution in [-0.2, 0) is 6.18 Å². The second kappa shape index (κ2) is 6.75. The zero-order chi connectivity index (χ0) is 20.1. The molecule has 0 amide bonds. The normalized spacial score (nSPS) is 19.5. The van der Waals surface area contributed by atoms with Gasteiger partial charge in [-0.3, -0.25) is 0 Å². The van der Waals surface area contributed by atoms with E-state index in [1.807, 2.05) is 0 Å². The predicted molar refractivity (Wildman–Crippen MR) is 97.8 cm³/mol. The molecule has 6 nitrogen and oxygen atoms in total. The summed E-state index contributed by atoms with van der Waals surface area (Å²) in [6, 6.07) is 7.95. The van der Waals surface area contributed by atoms with Crippen molar-refractivity contribution in [1.82, 2.24) is 14.5 Å². The second-order valence-electron chi connectivity index (χ2n) is 6.49. The van der Waals surface area contributed by atoms with E-state index in [1.165, 1.54) is 18.2 Å². The van der Waals surface area contributed by atoms with Gasteiger partial charge in [0, 0.05) is 0 Å². The zero-order valence-electron chi connectivity index (χ0n) is 14.2. The number of rotatable bonds is 3. The lowest BCUT2D eigenvalue weighted by atomic mass is 9.89. The smallest absolute Gasteiger partial charge is 0.391 e. The van der Waals surface area contributed by atoms with Crippen molar-refractivity contribution < 1.29 is 18.3 Å². The predicted octanol–water partition coefficient (Wildman–Crippen LogP) is 3.39. The van der Waals surface area contributed by atoms with E-state index in [2.05, 4.69) is 15.3 Å². The lowest BCUT2D eigenvalue weighted by Gasteiger charge is -2.33. The Morgan fingerprint density at radius 1 is 1.14 bits per heavy atom. The Bertz CT molecular complexity index is 1120.